The molecule has 0 aliphatic rings. The van der Waals surface area contributed by atoms with E-state index in [0.717, 1.165) is 28.8 Å². The molecule has 8 heteroatoms. The summed E-state index contributed by atoms with van der Waals surface area (Å²) in [7, 11) is 1.54. The molecule has 0 spiro atoms. The predicted octanol–water partition coefficient (Wildman–Crippen LogP) is 3.34. The predicted molar refractivity (Wildman–Crippen MR) is 101 cm³/mol. The van der Waals surface area contributed by atoms with Gasteiger partial charge in [-0.2, -0.15) is 0 Å². The number of benzene rings is 2. The van der Waals surface area contributed by atoms with Crippen LogP contribution in [-0.4, -0.2) is 36.3 Å². The number of carbonyl (C=O) groups excluding carboxylic acids is 2. The molecular weight excluding hydrogens is 374 g/mol. The number of aromatic hydroxyl groups is 2. The highest BCUT2D eigenvalue weighted by Gasteiger charge is 2.18. The Bertz CT molecular complexity index is 881. The summed E-state index contributed by atoms with van der Waals surface area (Å²) in [4.78, 5) is 23.0. The van der Waals surface area contributed by atoms with Crippen molar-refractivity contribution in [1.82, 2.24) is 0 Å². The van der Waals surface area contributed by atoms with Crippen LogP contribution in [0.3, 0.4) is 0 Å². The zero-order chi connectivity index (χ0) is 20.1. The van der Waals surface area contributed by atoms with E-state index in [1.54, 1.807) is 13.2 Å². The van der Waals surface area contributed by atoms with Crippen molar-refractivity contribution < 1.29 is 29.3 Å². The first-order valence-corrected chi connectivity index (χ1v) is 8.43. The number of phenols is 2. The zero-order valence-corrected chi connectivity index (χ0v) is 15.9. The van der Waals surface area contributed by atoms with E-state index in [0.29, 0.717) is 24.3 Å². The Morgan fingerprint density at radius 1 is 1.22 bits per heavy atom. The summed E-state index contributed by atoms with van der Waals surface area (Å²) in [5.74, 6) is -0.884. The summed E-state index contributed by atoms with van der Waals surface area (Å²) >= 11 is 5.76. The number of phenolic OH excluding ortho intramolecular Hbond substituents is 2. The van der Waals surface area contributed by atoms with Crippen molar-refractivity contribution >= 4 is 29.7 Å². The lowest BCUT2D eigenvalue weighted by Crippen LogP contribution is -2.11. The van der Waals surface area contributed by atoms with Gasteiger partial charge in [0.2, 0.25) is 6.41 Å². The molecule has 2 aromatic carbocycles. The van der Waals surface area contributed by atoms with Gasteiger partial charge in [-0.3, -0.25) is 4.79 Å². The molecule has 0 heterocycles. The molecule has 27 heavy (non-hydrogen) atoms. The monoisotopic (exact) mass is 393 g/mol. The summed E-state index contributed by atoms with van der Waals surface area (Å²) in [6.07, 6.45) is 0.929. The van der Waals surface area contributed by atoms with E-state index in [4.69, 9.17) is 21.1 Å². The minimum atomic E-state index is -0.773. The van der Waals surface area contributed by atoms with E-state index in [-0.39, 0.29) is 22.9 Å². The molecule has 2 aromatic rings. The molecule has 0 bridgehead atoms. The van der Waals surface area contributed by atoms with Gasteiger partial charge in [0.1, 0.15) is 22.8 Å². The summed E-state index contributed by atoms with van der Waals surface area (Å²) < 4.78 is 10.7. The molecule has 0 unspecified atom stereocenters. The number of ether oxygens (including phenoxy) is 2. The van der Waals surface area contributed by atoms with E-state index >= 15 is 0 Å². The lowest BCUT2D eigenvalue weighted by atomic mass is 9.99. The summed E-state index contributed by atoms with van der Waals surface area (Å²) in [6, 6.07) is 3.91. The van der Waals surface area contributed by atoms with Gasteiger partial charge in [-0.05, 0) is 37.1 Å². The molecule has 0 saturated carbocycles. The van der Waals surface area contributed by atoms with E-state index < -0.39 is 11.7 Å². The quantitative estimate of drug-likeness (QED) is 0.492. The molecule has 1 amide bonds. The summed E-state index contributed by atoms with van der Waals surface area (Å²) in [5.41, 5.74) is 2.93. The first-order chi connectivity index (χ1) is 12.8. The Kier molecular flexibility index (Phi) is 6.52. The van der Waals surface area contributed by atoms with Gasteiger partial charge < -0.3 is 25.0 Å². The Morgan fingerprint density at radius 2 is 1.93 bits per heavy atom. The Morgan fingerprint density at radius 3 is 2.56 bits per heavy atom. The van der Waals surface area contributed by atoms with Gasteiger partial charge in [0.25, 0.3) is 0 Å². The number of halogens is 1. The van der Waals surface area contributed by atoms with Gasteiger partial charge in [0.05, 0.1) is 18.7 Å². The molecule has 3 N–H and O–H groups in total. The number of hydrogen-bond acceptors (Lipinski definition) is 6. The summed E-state index contributed by atoms with van der Waals surface area (Å²) in [5, 5.41) is 21.8. The third-order valence-electron chi connectivity index (χ3n) is 4.14. The molecule has 0 aromatic heterocycles. The van der Waals surface area contributed by atoms with Gasteiger partial charge in [-0.1, -0.05) is 11.6 Å². The van der Waals surface area contributed by atoms with Gasteiger partial charge in [-0.15, -0.1) is 0 Å². The number of amides is 1. The molecule has 144 valence electrons. The van der Waals surface area contributed by atoms with E-state index in [1.165, 1.54) is 0 Å². The first kappa shape index (κ1) is 20.4. The lowest BCUT2D eigenvalue weighted by molar-refractivity contribution is -0.105. The van der Waals surface area contributed by atoms with Crippen LogP contribution in [-0.2, 0) is 16.0 Å². The SMILES string of the molecule is COc1c(C)cc(NC=O)c(C)c1CCOC(=O)c1cc(Cl)c(O)cc1O. The van der Waals surface area contributed by atoms with Crippen molar-refractivity contribution in [3.8, 4) is 17.2 Å². The molecule has 7 nitrogen and oxygen atoms in total. The van der Waals surface area contributed by atoms with Gasteiger partial charge in [-0.25, -0.2) is 4.79 Å². The Hall–Kier alpha value is -2.93. The van der Waals surface area contributed by atoms with Crippen molar-refractivity contribution in [2.24, 2.45) is 0 Å². The van der Waals surface area contributed by atoms with Crippen LogP contribution in [0, 0.1) is 13.8 Å². The fraction of sp³-hybridized carbons (Fsp3) is 0.263. The van der Waals surface area contributed by atoms with Crippen LogP contribution in [0.4, 0.5) is 5.69 Å². The molecule has 0 fully saturated rings. The molecular formula is C19H20ClNO6. The zero-order valence-electron chi connectivity index (χ0n) is 15.1. The maximum atomic E-state index is 12.2. The highest BCUT2D eigenvalue weighted by Crippen LogP contribution is 2.33. The molecule has 0 saturated heterocycles. The van der Waals surface area contributed by atoms with Gasteiger partial charge >= 0.3 is 5.97 Å². The van der Waals surface area contributed by atoms with Crippen molar-refractivity contribution in [2.75, 3.05) is 19.0 Å². The normalized spacial score (nSPS) is 10.4. The second-order valence-corrected chi connectivity index (χ2v) is 6.25. The average molecular weight is 394 g/mol. The number of anilines is 1. The van der Waals surface area contributed by atoms with Crippen molar-refractivity contribution in [2.45, 2.75) is 20.3 Å². The number of carbonyl (C=O) groups is 2. The third kappa shape index (κ3) is 4.43. The smallest absolute Gasteiger partial charge is 0.341 e. The fourth-order valence-electron chi connectivity index (χ4n) is 2.80. The molecule has 2 rings (SSSR count). The van der Waals surface area contributed by atoms with Gasteiger partial charge in [0, 0.05) is 23.7 Å². The van der Waals surface area contributed by atoms with Crippen LogP contribution in [0.1, 0.15) is 27.0 Å². The highest BCUT2D eigenvalue weighted by atomic mass is 35.5. The van der Waals surface area contributed by atoms with Gasteiger partial charge in [0.15, 0.2) is 0 Å². The Balaban J connectivity index is 2.18. The number of methoxy groups -OCH3 is 1. The van der Waals surface area contributed by atoms with Crippen LogP contribution < -0.4 is 10.1 Å². The van der Waals surface area contributed by atoms with Crippen molar-refractivity contribution in [3.05, 3.63) is 45.5 Å². The highest BCUT2D eigenvalue weighted by molar-refractivity contribution is 6.32. The maximum Gasteiger partial charge on any atom is 0.341 e. The maximum absolute atomic E-state index is 12.2. The largest absolute Gasteiger partial charge is 0.507 e. The average Bonchev–Trinajstić information content (AvgIpc) is 2.62. The molecule has 0 atom stereocenters. The topological polar surface area (TPSA) is 105 Å². The van der Waals surface area contributed by atoms with Crippen LogP contribution in [0.25, 0.3) is 0 Å². The van der Waals surface area contributed by atoms with E-state index in [1.807, 2.05) is 13.8 Å². The number of nitrogens with one attached hydrogen (secondary N) is 1. The second-order valence-electron chi connectivity index (χ2n) is 5.85. The van der Waals surface area contributed by atoms with E-state index in [9.17, 15) is 19.8 Å². The molecule has 0 radical (unpaired) electrons. The van der Waals surface area contributed by atoms with Crippen LogP contribution in [0.15, 0.2) is 18.2 Å². The van der Waals surface area contributed by atoms with Crippen LogP contribution in [0.2, 0.25) is 5.02 Å². The molecule has 0 aliphatic carbocycles. The third-order valence-corrected chi connectivity index (χ3v) is 4.44. The number of esters is 1. The number of hydrogen-bond donors (Lipinski definition) is 3. The first-order valence-electron chi connectivity index (χ1n) is 8.06. The second kappa shape index (κ2) is 8.64. The number of aryl methyl sites for hydroxylation is 1. The standard InChI is InChI=1S/C19H20ClNO6/c1-10-6-15(21-9-22)11(2)12(18(10)26-3)4-5-27-19(25)13-7-14(20)17(24)8-16(13)23/h6-9,23-24H,4-5H2,1-3H3,(H,21,22). The van der Waals surface area contributed by atoms with Crippen LogP contribution in [0.5, 0.6) is 17.2 Å². The summed E-state index contributed by atoms with van der Waals surface area (Å²) in [6.45, 7) is 3.69. The lowest BCUT2D eigenvalue weighted by Gasteiger charge is -2.18. The minimum Gasteiger partial charge on any atom is -0.507 e. The molecule has 0 aliphatic heterocycles. The fourth-order valence-corrected chi connectivity index (χ4v) is 2.96. The van der Waals surface area contributed by atoms with Crippen LogP contribution >= 0.6 is 11.6 Å². The van der Waals surface area contributed by atoms with Crippen molar-refractivity contribution in [1.29, 1.82) is 0 Å². The Labute approximate surface area is 161 Å². The minimum absolute atomic E-state index is 0.0119. The van der Waals surface area contributed by atoms with E-state index in [2.05, 4.69) is 5.32 Å². The number of rotatable bonds is 7. The van der Waals surface area contributed by atoms with Crippen molar-refractivity contribution in [3.63, 3.8) is 0 Å².